The molecule has 0 heterocycles. The zero-order valence-electron chi connectivity index (χ0n) is 9.33. The van der Waals surface area contributed by atoms with Crippen LogP contribution in [0.4, 0.5) is 0 Å². The van der Waals surface area contributed by atoms with Crippen molar-refractivity contribution in [3.63, 3.8) is 0 Å². The molecular weight excluding hydrogens is 192 g/mol. The van der Waals surface area contributed by atoms with Crippen LogP contribution < -0.4 is 5.73 Å². The van der Waals surface area contributed by atoms with Crippen LogP contribution in [-0.2, 0) is 0 Å². The summed E-state index contributed by atoms with van der Waals surface area (Å²) in [5, 5.41) is 0.838. The Morgan fingerprint density at radius 2 is 2.00 bits per heavy atom. The quantitative estimate of drug-likeness (QED) is 0.577. The van der Waals surface area contributed by atoms with Crippen molar-refractivity contribution in [2.75, 3.05) is 5.75 Å². The van der Waals surface area contributed by atoms with Crippen molar-refractivity contribution in [3.8, 4) is 0 Å². The molecule has 2 nitrogen and oxygen atoms in total. The van der Waals surface area contributed by atoms with Gasteiger partial charge in [-0.3, -0.25) is 4.99 Å². The Morgan fingerprint density at radius 3 is 2.57 bits per heavy atom. The molecule has 0 spiro atoms. The van der Waals surface area contributed by atoms with Gasteiger partial charge in [-0.2, -0.15) is 11.8 Å². The minimum Gasteiger partial charge on any atom is -0.387 e. The Bertz CT molecular complexity index is 184. The SMILES string of the molecule is CC(C)N=C(N)CSC1CCCCC1. The maximum Gasteiger partial charge on any atom is 0.104 e. The summed E-state index contributed by atoms with van der Waals surface area (Å²) in [5.74, 6) is 1.73. The third-order valence-corrected chi connectivity index (χ3v) is 3.85. The highest BCUT2D eigenvalue weighted by Gasteiger charge is 2.13. The first kappa shape index (κ1) is 11.9. The number of aliphatic imine (C=N–C) groups is 1. The summed E-state index contributed by atoms with van der Waals surface area (Å²) in [5.41, 5.74) is 5.82. The lowest BCUT2D eigenvalue weighted by Gasteiger charge is -2.20. The van der Waals surface area contributed by atoms with Crippen molar-refractivity contribution in [2.45, 2.75) is 57.2 Å². The molecular formula is C11H22N2S. The molecule has 0 amide bonds. The first-order valence-electron chi connectivity index (χ1n) is 5.62. The van der Waals surface area contributed by atoms with E-state index in [0.717, 1.165) is 16.8 Å². The van der Waals surface area contributed by atoms with Crippen LogP contribution in [0.2, 0.25) is 0 Å². The zero-order valence-corrected chi connectivity index (χ0v) is 10.1. The van der Waals surface area contributed by atoms with Crippen LogP contribution in [0.5, 0.6) is 0 Å². The fourth-order valence-electron chi connectivity index (χ4n) is 1.80. The highest BCUT2D eigenvalue weighted by molar-refractivity contribution is 8.00. The Kier molecular flexibility index (Phi) is 5.38. The molecule has 0 aromatic rings. The van der Waals surface area contributed by atoms with Crippen LogP contribution >= 0.6 is 11.8 Å². The minimum atomic E-state index is 0.335. The van der Waals surface area contributed by atoms with Crippen molar-refractivity contribution in [2.24, 2.45) is 10.7 Å². The summed E-state index contributed by atoms with van der Waals surface area (Å²) >= 11 is 1.99. The fraction of sp³-hybridized carbons (Fsp3) is 0.909. The lowest BCUT2D eigenvalue weighted by atomic mass is 10.0. The van der Waals surface area contributed by atoms with E-state index in [0.29, 0.717) is 6.04 Å². The van der Waals surface area contributed by atoms with Gasteiger partial charge in [0.05, 0.1) is 5.75 Å². The van der Waals surface area contributed by atoms with Crippen molar-refractivity contribution in [1.29, 1.82) is 0 Å². The fourth-order valence-corrected chi connectivity index (χ4v) is 2.95. The highest BCUT2D eigenvalue weighted by atomic mass is 32.2. The number of hydrogen-bond acceptors (Lipinski definition) is 2. The number of thioether (sulfide) groups is 1. The van der Waals surface area contributed by atoms with Gasteiger partial charge in [-0.25, -0.2) is 0 Å². The zero-order chi connectivity index (χ0) is 10.4. The molecule has 3 heteroatoms. The van der Waals surface area contributed by atoms with Crippen LogP contribution in [0, 0.1) is 0 Å². The van der Waals surface area contributed by atoms with Gasteiger partial charge in [-0.15, -0.1) is 0 Å². The van der Waals surface area contributed by atoms with Gasteiger partial charge in [0.2, 0.25) is 0 Å². The van der Waals surface area contributed by atoms with Gasteiger partial charge < -0.3 is 5.73 Å². The predicted molar refractivity (Wildman–Crippen MR) is 66.1 cm³/mol. The molecule has 0 radical (unpaired) electrons. The Balaban J connectivity index is 2.18. The molecule has 0 atom stereocenters. The molecule has 0 bridgehead atoms. The number of hydrogen-bond donors (Lipinski definition) is 1. The molecule has 1 rings (SSSR count). The molecule has 14 heavy (non-hydrogen) atoms. The molecule has 1 aliphatic carbocycles. The van der Waals surface area contributed by atoms with E-state index in [1.165, 1.54) is 32.1 Å². The summed E-state index contributed by atoms with van der Waals surface area (Å²) in [7, 11) is 0. The van der Waals surface area contributed by atoms with Crippen LogP contribution in [0.15, 0.2) is 4.99 Å². The average Bonchev–Trinajstić information content (AvgIpc) is 2.15. The van der Waals surface area contributed by atoms with Crippen LogP contribution in [-0.4, -0.2) is 22.9 Å². The topological polar surface area (TPSA) is 38.4 Å². The Morgan fingerprint density at radius 1 is 1.36 bits per heavy atom. The van der Waals surface area contributed by atoms with Crippen molar-refractivity contribution in [1.82, 2.24) is 0 Å². The second-order valence-corrected chi connectivity index (χ2v) is 5.57. The number of nitrogens with zero attached hydrogens (tertiary/aromatic N) is 1. The standard InChI is InChI=1S/C11H22N2S/c1-9(2)13-11(12)8-14-10-6-4-3-5-7-10/h9-10H,3-8H2,1-2H3,(H2,12,13). The van der Waals surface area contributed by atoms with Gasteiger partial charge in [0.1, 0.15) is 5.84 Å². The van der Waals surface area contributed by atoms with E-state index in [9.17, 15) is 0 Å². The lowest BCUT2D eigenvalue weighted by Crippen LogP contribution is -2.20. The second-order valence-electron chi connectivity index (χ2n) is 4.29. The van der Waals surface area contributed by atoms with Gasteiger partial charge >= 0.3 is 0 Å². The van der Waals surface area contributed by atoms with E-state index >= 15 is 0 Å². The molecule has 0 aromatic heterocycles. The molecule has 82 valence electrons. The van der Waals surface area contributed by atoms with E-state index in [-0.39, 0.29) is 0 Å². The maximum atomic E-state index is 5.82. The van der Waals surface area contributed by atoms with Crippen LogP contribution in [0.3, 0.4) is 0 Å². The van der Waals surface area contributed by atoms with Gasteiger partial charge in [-0.05, 0) is 26.7 Å². The Labute approximate surface area is 91.7 Å². The Hall–Kier alpha value is -0.180. The van der Waals surface area contributed by atoms with E-state index in [1.807, 2.05) is 11.8 Å². The van der Waals surface area contributed by atoms with Crippen LogP contribution in [0.25, 0.3) is 0 Å². The van der Waals surface area contributed by atoms with E-state index in [2.05, 4.69) is 18.8 Å². The van der Waals surface area contributed by atoms with Gasteiger partial charge in [0.15, 0.2) is 0 Å². The van der Waals surface area contributed by atoms with Crippen molar-refractivity contribution in [3.05, 3.63) is 0 Å². The molecule has 0 unspecified atom stereocenters. The minimum absolute atomic E-state index is 0.335. The molecule has 0 saturated heterocycles. The van der Waals surface area contributed by atoms with Gasteiger partial charge in [0, 0.05) is 11.3 Å². The first-order chi connectivity index (χ1) is 6.68. The monoisotopic (exact) mass is 214 g/mol. The molecule has 2 N–H and O–H groups in total. The summed E-state index contributed by atoms with van der Waals surface area (Å²) < 4.78 is 0. The smallest absolute Gasteiger partial charge is 0.104 e. The summed E-state index contributed by atoms with van der Waals surface area (Å²) in [6.45, 7) is 4.14. The molecule has 1 aliphatic rings. The molecule has 1 saturated carbocycles. The third-order valence-electron chi connectivity index (χ3n) is 2.44. The summed E-state index contributed by atoms with van der Waals surface area (Å²) in [4.78, 5) is 4.34. The number of amidine groups is 1. The van der Waals surface area contributed by atoms with Gasteiger partial charge in [0.25, 0.3) is 0 Å². The molecule has 0 aromatic carbocycles. The highest BCUT2D eigenvalue weighted by Crippen LogP contribution is 2.27. The second kappa shape index (κ2) is 6.33. The number of rotatable bonds is 4. The normalized spacial score (nSPS) is 20.4. The van der Waals surface area contributed by atoms with E-state index < -0.39 is 0 Å². The third kappa shape index (κ3) is 4.89. The summed E-state index contributed by atoms with van der Waals surface area (Å²) in [6.07, 6.45) is 6.98. The van der Waals surface area contributed by atoms with Crippen molar-refractivity contribution >= 4 is 17.6 Å². The maximum absolute atomic E-state index is 5.82. The van der Waals surface area contributed by atoms with Gasteiger partial charge in [-0.1, -0.05) is 19.3 Å². The van der Waals surface area contributed by atoms with Crippen LogP contribution in [0.1, 0.15) is 46.0 Å². The predicted octanol–water partition coefficient (Wildman–Crippen LogP) is 2.82. The first-order valence-corrected chi connectivity index (χ1v) is 6.67. The summed E-state index contributed by atoms with van der Waals surface area (Å²) in [6, 6.07) is 0.335. The molecule has 1 fully saturated rings. The number of nitrogens with two attached hydrogens (primary N) is 1. The van der Waals surface area contributed by atoms with E-state index in [1.54, 1.807) is 0 Å². The lowest BCUT2D eigenvalue weighted by molar-refractivity contribution is 0.516. The van der Waals surface area contributed by atoms with E-state index in [4.69, 9.17) is 5.73 Å². The average molecular weight is 214 g/mol. The largest absolute Gasteiger partial charge is 0.387 e. The van der Waals surface area contributed by atoms with Crippen molar-refractivity contribution < 1.29 is 0 Å². The molecule has 0 aliphatic heterocycles.